The Hall–Kier alpha value is -4.09. The molecule has 4 N–H and O–H groups in total. The maximum Gasteiger partial charge on any atom is 0.490 e. The summed E-state index contributed by atoms with van der Waals surface area (Å²) in [5.41, 5.74) is 8.67. The highest BCUT2D eigenvalue weighted by Crippen LogP contribution is 2.21. The van der Waals surface area contributed by atoms with Crippen LogP contribution in [-0.2, 0) is 6.54 Å². The van der Waals surface area contributed by atoms with E-state index in [1.807, 2.05) is 13.0 Å². The molecule has 0 aliphatic heterocycles. The quantitative estimate of drug-likeness (QED) is 0.290. The Morgan fingerprint density at radius 2 is 1.85 bits per heavy atom. The Morgan fingerprint density at radius 3 is 2.52 bits per heavy atom. The zero-order valence-corrected chi connectivity index (χ0v) is 18.1. The van der Waals surface area contributed by atoms with E-state index in [0.29, 0.717) is 28.5 Å². The maximum absolute atomic E-state index is 13.6. The van der Waals surface area contributed by atoms with Crippen molar-refractivity contribution in [3.8, 4) is 0 Å². The highest BCUT2D eigenvalue weighted by molar-refractivity contribution is 6.58. The van der Waals surface area contributed by atoms with Gasteiger partial charge in [-0.2, -0.15) is 0 Å². The van der Waals surface area contributed by atoms with Crippen LogP contribution < -0.4 is 16.2 Å². The van der Waals surface area contributed by atoms with Gasteiger partial charge in [-0.05, 0) is 48.9 Å². The van der Waals surface area contributed by atoms with Crippen molar-refractivity contribution in [2.24, 2.45) is 0 Å². The lowest BCUT2D eigenvalue weighted by Crippen LogP contribution is -2.45. The van der Waals surface area contributed by atoms with E-state index >= 15 is 0 Å². The summed E-state index contributed by atoms with van der Waals surface area (Å²) < 4.78 is 0. The van der Waals surface area contributed by atoms with Crippen LogP contribution in [0.3, 0.4) is 0 Å². The second-order valence-corrected chi connectivity index (χ2v) is 7.49. The lowest BCUT2D eigenvalue weighted by molar-refractivity contribution is 0.0727. The van der Waals surface area contributed by atoms with Gasteiger partial charge in [0, 0.05) is 42.1 Å². The Kier molecular flexibility index (Phi) is 6.16. The standard InChI is InChI=1S/C22H22BN7O3/c1-14-10-16-11-15(4-7-19(16)28-20(14)24)21(31)30(29(2)22-25-8-3-9-26-22)13-18-6-5-17(12-27-18)23(32)33/h3-12,32-33H,13H2,1-2H3,(H2,24,28). The SMILES string of the molecule is Cc1cc2cc(C(=O)N(Cc3ccc(B(O)O)cn3)N(C)c3ncccn3)ccc2nc1N. The van der Waals surface area contributed by atoms with Crippen LogP contribution in [0.1, 0.15) is 21.6 Å². The number of aryl methyl sites for hydroxylation is 1. The summed E-state index contributed by atoms with van der Waals surface area (Å²) in [7, 11) is 0.0698. The number of anilines is 2. The average Bonchev–Trinajstić information content (AvgIpc) is 2.83. The predicted octanol–water partition coefficient (Wildman–Crippen LogP) is 0.684. The molecular weight excluding hydrogens is 421 g/mol. The van der Waals surface area contributed by atoms with Gasteiger partial charge < -0.3 is 15.8 Å². The van der Waals surface area contributed by atoms with Gasteiger partial charge in [0.05, 0.1) is 17.8 Å². The smallest absolute Gasteiger partial charge is 0.423 e. The molecule has 1 amide bonds. The lowest BCUT2D eigenvalue weighted by atomic mass is 9.82. The van der Waals surface area contributed by atoms with Crippen molar-refractivity contribution in [1.82, 2.24) is 24.9 Å². The van der Waals surface area contributed by atoms with E-state index < -0.39 is 7.12 Å². The number of fused-ring (bicyclic) bond motifs is 1. The number of amides is 1. The zero-order chi connectivity index (χ0) is 23.5. The van der Waals surface area contributed by atoms with Crippen molar-refractivity contribution < 1.29 is 14.8 Å². The molecule has 4 aromatic rings. The van der Waals surface area contributed by atoms with Crippen LogP contribution in [-0.4, -0.2) is 55.1 Å². The number of carbonyl (C=O) groups excluding carboxylic acids is 1. The topological polar surface area (TPSA) is 142 Å². The first kappa shape index (κ1) is 22.1. The number of benzene rings is 1. The molecule has 0 aliphatic rings. The second-order valence-electron chi connectivity index (χ2n) is 7.49. The average molecular weight is 443 g/mol. The van der Waals surface area contributed by atoms with Crippen LogP contribution in [0.4, 0.5) is 11.8 Å². The highest BCUT2D eigenvalue weighted by atomic mass is 16.4. The van der Waals surface area contributed by atoms with Gasteiger partial charge in [0.1, 0.15) is 5.82 Å². The number of nitrogen functional groups attached to an aromatic ring is 1. The van der Waals surface area contributed by atoms with Crippen molar-refractivity contribution in [3.05, 3.63) is 77.9 Å². The number of aromatic nitrogens is 4. The number of hydrazine groups is 1. The van der Waals surface area contributed by atoms with Gasteiger partial charge in [0.2, 0.25) is 5.95 Å². The van der Waals surface area contributed by atoms with Crippen LogP contribution >= 0.6 is 0 Å². The van der Waals surface area contributed by atoms with E-state index in [9.17, 15) is 14.8 Å². The Labute approximate surface area is 190 Å². The monoisotopic (exact) mass is 443 g/mol. The van der Waals surface area contributed by atoms with E-state index in [-0.39, 0.29) is 17.9 Å². The second kappa shape index (κ2) is 9.19. The number of carbonyl (C=O) groups is 1. The largest absolute Gasteiger partial charge is 0.490 e. The zero-order valence-electron chi connectivity index (χ0n) is 18.1. The number of hydrogen-bond acceptors (Lipinski definition) is 9. The van der Waals surface area contributed by atoms with Gasteiger partial charge in [-0.3, -0.25) is 14.8 Å². The fraction of sp³-hybridized carbons (Fsp3) is 0.136. The van der Waals surface area contributed by atoms with Crippen LogP contribution in [0.15, 0.2) is 61.1 Å². The summed E-state index contributed by atoms with van der Waals surface area (Å²) in [6, 6.07) is 12.0. The third kappa shape index (κ3) is 4.74. The van der Waals surface area contributed by atoms with Crippen LogP contribution in [0.25, 0.3) is 10.9 Å². The van der Waals surface area contributed by atoms with E-state index in [4.69, 9.17) is 5.73 Å². The molecule has 0 saturated heterocycles. The van der Waals surface area contributed by atoms with Gasteiger partial charge in [0.25, 0.3) is 5.91 Å². The van der Waals surface area contributed by atoms with E-state index in [1.165, 1.54) is 11.2 Å². The fourth-order valence-electron chi connectivity index (χ4n) is 3.30. The van der Waals surface area contributed by atoms with Crippen molar-refractivity contribution in [2.45, 2.75) is 13.5 Å². The summed E-state index contributed by atoms with van der Waals surface area (Å²) in [6.45, 7) is 1.97. The van der Waals surface area contributed by atoms with Crippen molar-refractivity contribution >= 4 is 41.2 Å². The van der Waals surface area contributed by atoms with E-state index in [1.54, 1.807) is 60.8 Å². The summed E-state index contributed by atoms with van der Waals surface area (Å²) >= 11 is 0. The van der Waals surface area contributed by atoms with Crippen LogP contribution in [0.2, 0.25) is 0 Å². The van der Waals surface area contributed by atoms with Crippen molar-refractivity contribution in [3.63, 3.8) is 0 Å². The molecule has 0 saturated carbocycles. The molecule has 0 aliphatic carbocycles. The normalized spacial score (nSPS) is 10.8. The lowest BCUT2D eigenvalue weighted by Gasteiger charge is -2.31. The number of nitrogens with two attached hydrogens (primary N) is 1. The first-order valence-corrected chi connectivity index (χ1v) is 10.1. The Morgan fingerprint density at radius 1 is 1.09 bits per heavy atom. The molecule has 11 heteroatoms. The molecule has 4 rings (SSSR count). The molecule has 0 bridgehead atoms. The van der Waals surface area contributed by atoms with Gasteiger partial charge in [-0.25, -0.2) is 20.0 Å². The van der Waals surface area contributed by atoms with Crippen molar-refractivity contribution in [2.75, 3.05) is 17.8 Å². The molecule has 0 radical (unpaired) electrons. The molecule has 1 aromatic carbocycles. The molecule has 33 heavy (non-hydrogen) atoms. The first-order valence-electron chi connectivity index (χ1n) is 10.1. The maximum atomic E-state index is 13.6. The Bertz CT molecular complexity index is 1290. The summed E-state index contributed by atoms with van der Waals surface area (Å²) in [6.07, 6.45) is 4.54. The molecule has 0 fully saturated rings. The molecule has 0 atom stereocenters. The van der Waals surface area contributed by atoms with Crippen LogP contribution in [0.5, 0.6) is 0 Å². The minimum Gasteiger partial charge on any atom is -0.423 e. The number of nitrogens with zero attached hydrogens (tertiary/aromatic N) is 6. The minimum atomic E-state index is -1.62. The highest BCUT2D eigenvalue weighted by Gasteiger charge is 2.24. The van der Waals surface area contributed by atoms with Gasteiger partial charge in [-0.1, -0.05) is 6.07 Å². The summed E-state index contributed by atoms with van der Waals surface area (Å²) in [5, 5.41) is 22.4. The molecule has 0 spiro atoms. The van der Waals surface area contributed by atoms with Crippen molar-refractivity contribution in [1.29, 1.82) is 0 Å². The van der Waals surface area contributed by atoms with Gasteiger partial charge in [0.15, 0.2) is 0 Å². The molecule has 3 aromatic heterocycles. The minimum absolute atomic E-state index is 0.104. The molecular formula is C22H22BN7O3. The third-order valence-corrected chi connectivity index (χ3v) is 5.19. The van der Waals surface area contributed by atoms with Crippen LogP contribution in [0, 0.1) is 6.92 Å². The summed E-state index contributed by atoms with van der Waals surface area (Å²) in [4.78, 5) is 30.7. The molecule has 10 nitrogen and oxygen atoms in total. The number of pyridine rings is 2. The van der Waals surface area contributed by atoms with E-state index in [0.717, 1.165) is 10.9 Å². The molecule has 166 valence electrons. The number of hydrogen-bond donors (Lipinski definition) is 3. The van der Waals surface area contributed by atoms with Gasteiger partial charge >= 0.3 is 7.12 Å². The Balaban J connectivity index is 1.70. The predicted molar refractivity (Wildman–Crippen MR) is 125 cm³/mol. The molecule has 0 unspecified atom stereocenters. The summed E-state index contributed by atoms with van der Waals surface area (Å²) in [5.74, 6) is 0.486. The number of rotatable bonds is 6. The van der Waals surface area contributed by atoms with E-state index in [2.05, 4.69) is 19.9 Å². The molecule has 3 heterocycles. The van der Waals surface area contributed by atoms with Gasteiger partial charge in [-0.15, -0.1) is 0 Å². The third-order valence-electron chi connectivity index (χ3n) is 5.19. The fourth-order valence-corrected chi connectivity index (χ4v) is 3.30. The first-order chi connectivity index (χ1) is 15.8.